The van der Waals surface area contributed by atoms with Gasteiger partial charge < -0.3 is 10.7 Å². The Hall–Kier alpha value is 0.480. The van der Waals surface area contributed by atoms with E-state index in [1.54, 1.807) is 6.33 Å². The van der Waals surface area contributed by atoms with Crippen molar-refractivity contribution in [2.24, 2.45) is 5.73 Å². The summed E-state index contributed by atoms with van der Waals surface area (Å²) < 4.78 is 0. The van der Waals surface area contributed by atoms with Gasteiger partial charge in [-0.3, -0.25) is 0 Å². The number of imidazole rings is 1. The number of aromatic amines is 1. The highest BCUT2D eigenvalue weighted by atomic mass is 79.9. The van der Waals surface area contributed by atoms with Gasteiger partial charge in [-0.15, -0.1) is 34.0 Å². The third-order valence-corrected chi connectivity index (χ3v) is 2.97. The van der Waals surface area contributed by atoms with Crippen LogP contribution in [0.5, 0.6) is 0 Å². The Morgan fingerprint density at radius 1 is 1.57 bits per heavy atom. The molecule has 0 saturated carbocycles. The molecule has 0 amide bonds. The molecule has 0 aromatic carbocycles. The van der Waals surface area contributed by atoms with Gasteiger partial charge in [-0.05, 0) is 6.92 Å². The van der Waals surface area contributed by atoms with E-state index in [0.29, 0.717) is 5.25 Å². The van der Waals surface area contributed by atoms with E-state index < -0.39 is 0 Å². The minimum atomic E-state index is 0. The molecule has 84 valence electrons. The van der Waals surface area contributed by atoms with Crippen molar-refractivity contribution < 1.29 is 0 Å². The van der Waals surface area contributed by atoms with Crippen LogP contribution in [0, 0.1) is 6.92 Å². The van der Waals surface area contributed by atoms with E-state index in [9.17, 15) is 0 Å². The lowest BCUT2D eigenvalue weighted by Crippen LogP contribution is -2.12. The second-order valence-corrected chi connectivity index (χ2v) is 4.26. The van der Waals surface area contributed by atoms with Crippen LogP contribution < -0.4 is 5.73 Å². The quantitative estimate of drug-likeness (QED) is 0.880. The molecular weight excluding hydrogens is 330 g/mol. The maximum atomic E-state index is 5.50. The molecule has 1 atom stereocenters. The van der Waals surface area contributed by atoms with E-state index in [1.807, 2.05) is 18.7 Å². The fourth-order valence-corrected chi connectivity index (χ4v) is 1.69. The van der Waals surface area contributed by atoms with Crippen molar-refractivity contribution in [3.8, 4) is 0 Å². The van der Waals surface area contributed by atoms with E-state index in [-0.39, 0.29) is 34.0 Å². The van der Waals surface area contributed by atoms with Crippen molar-refractivity contribution in [1.82, 2.24) is 9.97 Å². The Balaban J connectivity index is 0. The second kappa shape index (κ2) is 8.76. The van der Waals surface area contributed by atoms with Gasteiger partial charge in [0, 0.05) is 23.2 Å². The smallest absolute Gasteiger partial charge is 0.0925 e. The summed E-state index contributed by atoms with van der Waals surface area (Å²) in [6.07, 6.45) is 1.73. The number of thioether (sulfide) groups is 1. The van der Waals surface area contributed by atoms with Crippen molar-refractivity contribution in [1.29, 1.82) is 0 Å². The number of H-pyrrole nitrogens is 1. The average molecular weight is 347 g/mol. The lowest BCUT2D eigenvalue weighted by molar-refractivity contribution is 0.949. The average Bonchev–Trinajstić information content (AvgIpc) is 2.47. The fourth-order valence-electron chi connectivity index (χ4n) is 0.822. The number of nitrogens with two attached hydrogens (primary N) is 1. The van der Waals surface area contributed by atoms with E-state index in [4.69, 9.17) is 5.73 Å². The Kier molecular flexibility index (Phi) is 10.6. The van der Waals surface area contributed by atoms with Gasteiger partial charge in [0.25, 0.3) is 0 Å². The number of nitrogens with zero attached hydrogens (tertiary/aromatic N) is 1. The van der Waals surface area contributed by atoms with Crippen molar-refractivity contribution in [2.75, 3.05) is 6.54 Å². The Morgan fingerprint density at radius 2 is 2.21 bits per heavy atom. The zero-order chi connectivity index (χ0) is 8.97. The first-order chi connectivity index (χ1) is 5.74. The molecule has 1 aromatic rings. The van der Waals surface area contributed by atoms with Crippen LogP contribution in [0.25, 0.3) is 0 Å². The first-order valence-corrected chi connectivity index (χ1v) is 5.09. The predicted octanol–water partition coefficient (Wildman–Crippen LogP) is 2.45. The minimum Gasteiger partial charge on any atom is -0.348 e. The zero-order valence-electron chi connectivity index (χ0n) is 8.32. The number of aromatic nitrogens is 2. The second-order valence-electron chi connectivity index (χ2n) is 2.83. The third-order valence-electron chi connectivity index (χ3n) is 1.77. The SMILES string of the molecule is Br.Br.Cc1[nH]cnc1CSC(C)CN. The van der Waals surface area contributed by atoms with Crippen LogP contribution in [0.3, 0.4) is 0 Å². The predicted molar refractivity (Wildman–Crippen MR) is 73.8 cm³/mol. The molecule has 14 heavy (non-hydrogen) atoms. The van der Waals surface area contributed by atoms with Gasteiger partial charge in [-0.2, -0.15) is 11.8 Å². The monoisotopic (exact) mass is 345 g/mol. The molecule has 1 unspecified atom stereocenters. The summed E-state index contributed by atoms with van der Waals surface area (Å²) in [5, 5.41) is 0.515. The standard InChI is InChI=1S/C8H15N3S.2BrH/c1-6(3-9)12-4-8-7(2)10-5-11-8;;/h5-6H,3-4,9H2,1-2H3,(H,10,11);2*1H. The first kappa shape index (κ1) is 16.9. The van der Waals surface area contributed by atoms with Crippen molar-refractivity contribution >= 4 is 45.7 Å². The number of aryl methyl sites for hydroxylation is 1. The molecule has 0 radical (unpaired) electrons. The van der Waals surface area contributed by atoms with Gasteiger partial charge >= 0.3 is 0 Å². The molecule has 0 aliphatic carbocycles. The fraction of sp³-hybridized carbons (Fsp3) is 0.625. The van der Waals surface area contributed by atoms with E-state index >= 15 is 0 Å². The number of hydrogen-bond donors (Lipinski definition) is 2. The number of nitrogens with one attached hydrogen (secondary N) is 1. The van der Waals surface area contributed by atoms with Gasteiger partial charge in [-0.1, -0.05) is 6.92 Å². The van der Waals surface area contributed by atoms with Crippen LogP contribution in [0.15, 0.2) is 6.33 Å². The summed E-state index contributed by atoms with van der Waals surface area (Å²) in [5.41, 5.74) is 7.80. The van der Waals surface area contributed by atoms with Crippen molar-refractivity contribution in [2.45, 2.75) is 24.9 Å². The molecular formula is C8H17Br2N3S. The lowest BCUT2D eigenvalue weighted by Gasteiger charge is -2.06. The van der Waals surface area contributed by atoms with Crippen LogP contribution in [0.4, 0.5) is 0 Å². The van der Waals surface area contributed by atoms with Gasteiger partial charge in [0.15, 0.2) is 0 Å². The Labute approximate surface area is 110 Å². The van der Waals surface area contributed by atoms with E-state index in [1.165, 1.54) is 0 Å². The molecule has 0 fully saturated rings. The first-order valence-electron chi connectivity index (χ1n) is 4.04. The van der Waals surface area contributed by atoms with Crippen LogP contribution in [-0.4, -0.2) is 21.8 Å². The summed E-state index contributed by atoms with van der Waals surface area (Å²) in [7, 11) is 0. The molecule has 0 bridgehead atoms. The highest BCUT2D eigenvalue weighted by Crippen LogP contribution is 2.16. The number of hydrogen-bond acceptors (Lipinski definition) is 3. The molecule has 0 aliphatic heterocycles. The van der Waals surface area contributed by atoms with Crippen molar-refractivity contribution in [3.63, 3.8) is 0 Å². The molecule has 6 heteroatoms. The maximum absolute atomic E-state index is 5.50. The summed E-state index contributed by atoms with van der Waals surface area (Å²) in [4.78, 5) is 7.26. The maximum Gasteiger partial charge on any atom is 0.0925 e. The molecule has 0 saturated heterocycles. The molecule has 1 rings (SSSR count). The third kappa shape index (κ3) is 5.38. The Morgan fingerprint density at radius 3 is 2.64 bits per heavy atom. The molecule has 1 aromatic heterocycles. The summed E-state index contributed by atoms with van der Waals surface area (Å²) in [5.74, 6) is 0.952. The Bertz CT molecular complexity index is 242. The highest BCUT2D eigenvalue weighted by Gasteiger charge is 2.04. The van der Waals surface area contributed by atoms with Crippen molar-refractivity contribution in [3.05, 3.63) is 17.7 Å². The van der Waals surface area contributed by atoms with E-state index in [2.05, 4.69) is 16.9 Å². The highest BCUT2D eigenvalue weighted by molar-refractivity contribution is 8.93. The van der Waals surface area contributed by atoms with Crippen LogP contribution >= 0.6 is 45.7 Å². The zero-order valence-corrected chi connectivity index (χ0v) is 12.6. The summed E-state index contributed by atoms with van der Waals surface area (Å²) in [6.45, 7) is 4.90. The van der Waals surface area contributed by atoms with Gasteiger partial charge in [0.2, 0.25) is 0 Å². The topological polar surface area (TPSA) is 54.7 Å². The van der Waals surface area contributed by atoms with E-state index in [0.717, 1.165) is 23.7 Å². The van der Waals surface area contributed by atoms with Crippen LogP contribution in [0.1, 0.15) is 18.3 Å². The normalized spacial score (nSPS) is 11.4. The number of rotatable bonds is 4. The van der Waals surface area contributed by atoms with Crippen LogP contribution in [0.2, 0.25) is 0 Å². The van der Waals surface area contributed by atoms with Gasteiger partial charge in [-0.25, -0.2) is 4.98 Å². The minimum absolute atomic E-state index is 0. The van der Waals surface area contributed by atoms with Gasteiger partial charge in [0.1, 0.15) is 0 Å². The largest absolute Gasteiger partial charge is 0.348 e. The summed E-state index contributed by atoms with van der Waals surface area (Å²) in [6, 6.07) is 0. The molecule has 0 aliphatic rings. The van der Waals surface area contributed by atoms with Gasteiger partial charge in [0.05, 0.1) is 12.0 Å². The lowest BCUT2D eigenvalue weighted by atomic mass is 10.4. The number of halogens is 2. The molecule has 1 heterocycles. The molecule has 3 nitrogen and oxygen atoms in total. The van der Waals surface area contributed by atoms with Crippen LogP contribution in [-0.2, 0) is 5.75 Å². The molecule has 3 N–H and O–H groups in total. The molecule has 0 spiro atoms. The summed E-state index contributed by atoms with van der Waals surface area (Å²) >= 11 is 1.84.